The summed E-state index contributed by atoms with van der Waals surface area (Å²) >= 11 is 0. The molecule has 0 radical (unpaired) electrons. The van der Waals surface area contributed by atoms with E-state index in [-0.39, 0.29) is 11.9 Å². The van der Waals surface area contributed by atoms with Gasteiger partial charge in [-0.05, 0) is 78.3 Å². The number of ether oxygens (including phenoxy) is 1. The maximum Gasteiger partial charge on any atom is 0.166 e. The molecule has 2 unspecified atom stereocenters. The van der Waals surface area contributed by atoms with Crippen LogP contribution >= 0.6 is 0 Å². The molecule has 1 aliphatic heterocycles. The lowest BCUT2D eigenvalue weighted by atomic mass is 9.83. The van der Waals surface area contributed by atoms with Gasteiger partial charge in [0.15, 0.2) is 11.6 Å². The fourth-order valence-electron chi connectivity index (χ4n) is 4.91. The smallest absolute Gasteiger partial charge is 0.166 e. The Labute approximate surface area is 199 Å². The third-order valence-corrected chi connectivity index (χ3v) is 7.22. The van der Waals surface area contributed by atoms with E-state index in [1.54, 1.807) is 18.2 Å². The van der Waals surface area contributed by atoms with E-state index in [9.17, 15) is 13.2 Å². The van der Waals surface area contributed by atoms with Crippen molar-refractivity contribution in [2.45, 2.75) is 51.6 Å². The van der Waals surface area contributed by atoms with Gasteiger partial charge in [-0.3, -0.25) is 0 Å². The quantitative estimate of drug-likeness (QED) is 0.322. The van der Waals surface area contributed by atoms with Gasteiger partial charge in [-0.2, -0.15) is 0 Å². The Morgan fingerprint density at radius 1 is 0.912 bits per heavy atom. The third-order valence-electron chi connectivity index (χ3n) is 7.22. The Kier molecular flexibility index (Phi) is 6.60. The molecule has 34 heavy (non-hydrogen) atoms. The zero-order valence-electron chi connectivity index (χ0n) is 19.4. The molecule has 0 saturated carbocycles. The molecule has 0 amide bonds. The monoisotopic (exact) mass is 462 g/mol. The summed E-state index contributed by atoms with van der Waals surface area (Å²) in [5, 5.41) is 0. The topological polar surface area (TPSA) is 12.5 Å². The standard InChI is InChI=1S/C30H29F3O/c1-2-19-3-8-22(9-4-19)26-16-13-23(29(32)30(26)33)12-7-20-5-10-21(11-6-20)25-15-14-24(17-27(25)31)28-18-34-28/h3-4,8-10,13-17,20,28H,2,5-7,11-12,18H2,1H3. The van der Waals surface area contributed by atoms with Gasteiger partial charge in [0.05, 0.1) is 6.61 Å². The van der Waals surface area contributed by atoms with Crippen LogP contribution in [0.5, 0.6) is 0 Å². The molecule has 3 aromatic rings. The number of halogens is 3. The first-order valence-corrected chi connectivity index (χ1v) is 12.2. The van der Waals surface area contributed by atoms with E-state index < -0.39 is 11.6 Å². The molecule has 4 heteroatoms. The Morgan fingerprint density at radius 2 is 1.68 bits per heavy atom. The second-order valence-electron chi connectivity index (χ2n) is 9.42. The second-order valence-corrected chi connectivity index (χ2v) is 9.42. The highest BCUT2D eigenvalue weighted by molar-refractivity contribution is 5.67. The minimum atomic E-state index is -0.775. The highest BCUT2D eigenvalue weighted by Gasteiger charge is 2.26. The van der Waals surface area contributed by atoms with Gasteiger partial charge >= 0.3 is 0 Å². The summed E-state index contributed by atoms with van der Waals surface area (Å²) in [6.07, 6.45) is 6.89. The van der Waals surface area contributed by atoms with Gasteiger partial charge < -0.3 is 4.74 Å². The normalized spacial score (nSPS) is 19.7. The number of hydrogen-bond donors (Lipinski definition) is 0. The van der Waals surface area contributed by atoms with E-state index in [1.807, 2.05) is 36.4 Å². The first-order valence-electron chi connectivity index (χ1n) is 12.2. The van der Waals surface area contributed by atoms with Crippen LogP contribution in [0.4, 0.5) is 13.2 Å². The second kappa shape index (κ2) is 9.79. The maximum atomic E-state index is 14.8. The Hall–Kier alpha value is -2.85. The van der Waals surface area contributed by atoms with Crippen LogP contribution in [0, 0.1) is 23.4 Å². The number of benzene rings is 3. The summed E-state index contributed by atoms with van der Waals surface area (Å²) < 4.78 is 49.5. The number of allylic oxidation sites excluding steroid dienone is 2. The van der Waals surface area contributed by atoms with Crippen molar-refractivity contribution in [3.63, 3.8) is 0 Å². The van der Waals surface area contributed by atoms with Crippen LogP contribution in [-0.4, -0.2) is 6.61 Å². The maximum absolute atomic E-state index is 14.8. The number of aryl methyl sites for hydroxylation is 2. The third kappa shape index (κ3) is 4.83. The summed E-state index contributed by atoms with van der Waals surface area (Å²) in [6.45, 7) is 2.73. The van der Waals surface area contributed by atoms with E-state index in [1.165, 1.54) is 5.56 Å². The molecule has 3 aromatic carbocycles. The molecule has 2 aliphatic rings. The molecular formula is C30H29F3O. The molecule has 176 valence electrons. The number of rotatable bonds is 7. The summed E-state index contributed by atoms with van der Waals surface area (Å²) in [4.78, 5) is 0. The largest absolute Gasteiger partial charge is 0.368 e. The molecule has 0 aromatic heterocycles. The van der Waals surface area contributed by atoms with Crippen molar-refractivity contribution in [2.75, 3.05) is 6.61 Å². The van der Waals surface area contributed by atoms with Crippen molar-refractivity contribution in [1.82, 2.24) is 0 Å². The number of hydrogen-bond acceptors (Lipinski definition) is 1. The fraction of sp³-hybridized carbons (Fsp3) is 0.333. The zero-order valence-corrected chi connectivity index (χ0v) is 19.4. The molecule has 5 rings (SSSR count). The van der Waals surface area contributed by atoms with Gasteiger partial charge in [-0.1, -0.05) is 61.5 Å². The summed E-state index contributed by atoms with van der Waals surface area (Å²) in [5.74, 6) is -1.33. The van der Waals surface area contributed by atoms with Crippen LogP contribution in [-0.2, 0) is 17.6 Å². The fourth-order valence-corrected chi connectivity index (χ4v) is 4.91. The van der Waals surface area contributed by atoms with Gasteiger partial charge in [-0.15, -0.1) is 0 Å². The first kappa shape index (κ1) is 22.9. The van der Waals surface area contributed by atoms with E-state index >= 15 is 0 Å². The number of epoxide rings is 1. The SMILES string of the molecule is CCc1ccc(-c2ccc(CCC3CC=C(c4ccc(C5CO5)cc4F)CC3)c(F)c2F)cc1. The molecule has 0 N–H and O–H groups in total. The van der Waals surface area contributed by atoms with Gasteiger partial charge in [0.2, 0.25) is 0 Å². The average molecular weight is 463 g/mol. The first-order chi connectivity index (χ1) is 16.5. The molecule has 1 aliphatic carbocycles. The molecule has 1 fully saturated rings. The lowest BCUT2D eigenvalue weighted by Crippen LogP contribution is -2.08. The van der Waals surface area contributed by atoms with Crippen molar-refractivity contribution >= 4 is 5.57 Å². The predicted molar refractivity (Wildman–Crippen MR) is 130 cm³/mol. The molecule has 0 bridgehead atoms. The van der Waals surface area contributed by atoms with Gasteiger partial charge in [-0.25, -0.2) is 13.2 Å². The average Bonchev–Trinajstić information content (AvgIpc) is 3.71. The molecule has 1 heterocycles. The molecule has 1 nitrogen and oxygen atoms in total. The highest BCUT2D eigenvalue weighted by Crippen LogP contribution is 2.36. The Bertz CT molecular complexity index is 1210. The summed E-state index contributed by atoms with van der Waals surface area (Å²) in [5.41, 5.74) is 5.18. The van der Waals surface area contributed by atoms with Crippen LogP contribution in [0.2, 0.25) is 0 Å². The predicted octanol–water partition coefficient (Wildman–Crippen LogP) is 8.22. The van der Waals surface area contributed by atoms with Crippen molar-refractivity contribution in [3.8, 4) is 11.1 Å². The zero-order chi connectivity index (χ0) is 23.7. The Morgan fingerprint density at radius 3 is 2.32 bits per heavy atom. The Balaban J connectivity index is 1.22. The van der Waals surface area contributed by atoms with E-state index in [0.29, 0.717) is 41.2 Å². The lowest BCUT2D eigenvalue weighted by Gasteiger charge is -2.23. The highest BCUT2D eigenvalue weighted by atomic mass is 19.2. The van der Waals surface area contributed by atoms with Gasteiger partial charge in [0.1, 0.15) is 11.9 Å². The molecular weight excluding hydrogens is 433 g/mol. The summed E-state index contributed by atoms with van der Waals surface area (Å²) in [7, 11) is 0. The van der Waals surface area contributed by atoms with E-state index in [2.05, 4.69) is 13.0 Å². The summed E-state index contributed by atoms with van der Waals surface area (Å²) in [6, 6.07) is 16.4. The van der Waals surface area contributed by atoms with Crippen molar-refractivity contribution in [1.29, 1.82) is 0 Å². The molecule has 1 saturated heterocycles. The van der Waals surface area contributed by atoms with Crippen LogP contribution in [0.3, 0.4) is 0 Å². The minimum Gasteiger partial charge on any atom is -0.368 e. The van der Waals surface area contributed by atoms with Crippen molar-refractivity contribution in [3.05, 3.63) is 100 Å². The lowest BCUT2D eigenvalue weighted by molar-refractivity contribution is 0.414. The van der Waals surface area contributed by atoms with Crippen molar-refractivity contribution < 1.29 is 17.9 Å². The van der Waals surface area contributed by atoms with Crippen LogP contribution in [0.1, 0.15) is 61.0 Å². The molecule has 2 atom stereocenters. The van der Waals surface area contributed by atoms with Gasteiger partial charge in [0.25, 0.3) is 0 Å². The van der Waals surface area contributed by atoms with Crippen LogP contribution in [0.15, 0.2) is 60.7 Å². The minimum absolute atomic E-state index is 0.0502. The van der Waals surface area contributed by atoms with Gasteiger partial charge in [0, 0.05) is 11.1 Å². The van der Waals surface area contributed by atoms with E-state index in [4.69, 9.17) is 4.74 Å². The van der Waals surface area contributed by atoms with E-state index in [0.717, 1.165) is 43.2 Å². The van der Waals surface area contributed by atoms with Crippen LogP contribution < -0.4 is 0 Å². The molecule has 0 spiro atoms. The van der Waals surface area contributed by atoms with Crippen LogP contribution in [0.25, 0.3) is 16.7 Å². The van der Waals surface area contributed by atoms with Crippen molar-refractivity contribution in [2.24, 2.45) is 5.92 Å².